The molecule has 2 atom stereocenters. The Morgan fingerprint density at radius 1 is 1.15 bits per heavy atom. The fourth-order valence-corrected chi connectivity index (χ4v) is 6.16. The zero-order chi connectivity index (χ0) is 23.4. The second kappa shape index (κ2) is 8.08. The number of aliphatic carboxylic acids is 1. The summed E-state index contributed by atoms with van der Waals surface area (Å²) in [6.45, 7) is 0. The quantitative estimate of drug-likeness (QED) is 0.377. The zero-order valence-electron chi connectivity index (χ0n) is 17.8. The molecule has 0 radical (unpaired) electrons. The number of nitrogens with one attached hydrogen (secondary N) is 2. The molecule has 34 heavy (non-hydrogen) atoms. The number of fused-ring (bicyclic) bond motifs is 4. The normalized spacial score (nSPS) is 23.9. The minimum atomic E-state index is -0.873. The molecule has 3 aliphatic carbocycles. The Balaban J connectivity index is 1.49. The number of H-pyrrole nitrogens is 1. The molecule has 2 bridgehead atoms. The van der Waals surface area contributed by atoms with Gasteiger partial charge in [0.15, 0.2) is 23.1 Å². The fraction of sp³-hybridized carbons (Fsp3) is 0.348. The number of nitrogens with zero attached hydrogens (tertiary/aromatic N) is 4. The molecule has 174 valence electrons. The van der Waals surface area contributed by atoms with Crippen LogP contribution in [0.25, 0.3) is 33.1 Å². The summed E-state index contributed by atoms with van der Waals surface area (Å²) in [5, 5.41) is 14.9. The highest BCUT2D eigenvalue weighted by Crippen LogP contribution is 2.46. The van der Waals surface area contributed by atoms with Gasteiger partial charge in [-0.25, -0.2) is 24.3 Å². The van der Waals surface area contributed by atoms with Crippen LogP contribution in [0.3, 0.4) is 0 Å². The Hall–Kier alpha value is -3.47. The molecular weight excluding hydrogens is 462 g/mol. The Morgan fingerprint density at radius 3 is 2.68 bits per heavy atom. The predicted molar refractivity (Wildman–Crippen MR) is 122 cm³/mol. The van der Waals surface area contributed by atoms with Crippen molar-refractivity contribution in [3.05, 3.63) is 41.7 Å². The molecule has 0 saturated heterocycles. The van der Waals surface area contributed by atoms with Crippen LogP contribution in [0.1, 0.15) is 25.7 Å². The van der Waals surface area contributed by atoms with Crippen molar-refractivity contribution in [1.29, 1.82) is 0 Å². The smallest absolute Gasteiger partial charge is 0.308 e. The van der Waals surface area contributed by atoms with Gasteiger partial charge < -0.3 is 15.4 Å². The van der Waals surface area contributed by atoms with Crippen molar-refractivity contribution in [2.75, 3.05) is 5.32 Å². The van der Waals surface area contributed by atoms with Crippen LogP contribution in [0.4, 0.5) is 14.6 Å². The zero-order valence-corrected chi connectivity index (χ0v) is 18.6. The van der Waals surface area contributed by atoms with E-state index in [0.29, 0.717) is 16.1 Å². The summed E-state index contributed by atoms with van der Waals surface area (Å²) >= 11 is 1.33. The van der Waals surface area contributed by atoms with E-state index in [9.17, 15) is 14.3 Å². The van der Waals surface area contributed by atoms with Gasteiger partial charge in [0.1, 0.15) is 11.2 Å². The van der Waals surface area contributed by atoms with Crippen LogP contribution < -0.4 is 5.32 Å². The van der Waals surface area contributed by atoms with Crippen molar-refractivity contribution in [2.24, 2.45) is 17.8 Å². The van der Waals surface area contributed by atoms with Crippen molar-refractivity contribution >= 4 is 34.3 Å². The number of hydrogen-bond acceptors (Lipinski definition) is 7. The summed E-state index contributed by atoms with van der Waals surface area (Å²) in [6.07, 6.45) is 6.11. The molecule has 7 rings (SSSR count). The van der Waals surface area contributed by atoms with Crippen LogP contribution in [0.5, 0.6) is 0 Å². The number of hydrogen-bond donors (Lipinski definition) is 3. The number of rotatable bonds is 5. The number of carboxylic acid groups (broad SMARTS) is 1. The first-order valence-corrected chi connectivity index (χ1v) is 12.0. The van der Waals surface area contributed by atoms with Crippen LogP contribution in [0.2, 0.25) is 0 Å². The SMILES string of the molecule is O=C(O)C1C2CCC(CC2)C1Nc1nc(-c2c[nH]c3ncc(F)nc23)nc(-c2cccs2)c1F. The molecule has 0 amide bonds. The predicted octanol–water partition coefficient (Wildman–Crippen LogP) is 4.72. The van der Waals surface area contributed by atoms with Gasteiger partial charge in [-0.2, -0.15) is 4.39 Å². The van der Waals surface area contributed by atoms with Crippen LogP contribution >= 0.6 is 11.3 Å². The highest BCUT2D eigenvalue weighted by atomic mass is 32.1. The number of aromatic amines is 1. The molecule has 3 saturated carbocycles. The Morgan fingerprint density at radius 2 is 1.94 bits per heavy atom. The van der Waals surface area contributed by atoms with Crippen molar-refractivity contribution in [3.63, 3.8) is 0 Å². The van der Waals surface area contributed by atoms with Gasteiger partial charge in [-0.3, -0.25) is 4.79 Å². The summed E-state index contributed by atoms with van der Waals surface area (Å²) in [7, 11) is 0. The van der Waals surface area contributed by atoms with Gasteiger partial charge in [-0.05, 0) is 49.0 Å². The first kappa shape index (κ1) is 21.1. The lowest BCUT2D eigenvalue weighted by Crippen LogP contribution is -2.51. The van der Waals surface area contributed by atoms with E-state index in [4.69, 9.17) is 0 Å². The number of anilines is 1. The van der Waals surface area contributed by atoms with Gasteiger partial charge in [0.05, 0.1) is 22.6 Å². The van der Waals surface area contributed by atoms with Gasteiger partial charge in [0.25, 0.3) is 0 Å². The van der Waals surface area contributed by atoms with E-state index in [1.54, 1.807) is 18.3 Å². The molecule has 2 unspecified atom stereocenters. The average molecular weight is 483 g/mol. The van der Waals surface area contributed by atoms with Gasteiger partial charge in [-0.15, -0.1) is 11.3 Å². The lowest BCUT2D eigenvalue weighted by molar-refractivity contribution is -0.148. The number of thiophene rings is 1. The highest BCUT2D eigenvalue weighted by molar-refractivity contribution is 7.13. The third-order valence-electron chi connectivity index (χ3n) is 7.01. The topological polar surface area (TPSA) is 117 Å². The second-order valence-corrected chi connectivity index (χ2v) is 9.78. The van der Waals surface area contributed by atoms with Crippen LogP contribution in [-0.4, -0.2) is 42.0 Å². The number of halogens is 2. The molecular formula is C23H20F2N6O2S. The van der Waals surface area contributed by atoms with Crippen molar-refractivity contribution in [1.82, 2.24) is 24.9 Å². The molecule has 4 aromatic rings. The first-order valence-electron chi connectivity index (χ1n) is 11.1. The van der Waals surface area contributed by atoms with Crippen LogP contribution in [0, 0.1) is 29.5 Å². The van der Waals surface area contributed by atoms with E-state index in [0.717, 1.165) is 31.9 Å². The molecule has 8 nitrogen and oxygen atoms in total. The minimum absolute atomic E-state index is 0.0593. The van der Waals surface area contributed by atoms with E-state index >= 15 is 4.39 Å². The lowest BCUT2D eigenvalue weighted by Gasteiger charge is -2.47. The van der Waals surface area contributed by atoms with Crippen LogP contribution in [-0.2, 0) is 4.79 Å². The van der Waals surface area contributed by atoms with Gasteiger partial charge in [-0.1, -0.05) is 6.07 Å². The molecule has 11 heteroatoms. The summed E-state index contributed by atoms with van der Waals surface area (Å²) < 4.78 is 29.6. The van der Waals surface area contributed by atoms with Crippen LogP contribution in [0.15, 0.2) is 29.9 Å². The molecule has 4 aromatic heterocycles. The molecule has 4 heterocycles. The Labute approximate surface area is 196 Å². The molecule has 0 spiro atoms. The molecule has 0 aromatic carbocycles. The van der Waals surface area contributed by atoms with Gasteiger partial charge in [0.2, 0.25) is 5.95 Å². The number of carbonyl (C=O) groups is 1. The monoisotopic (exact) mass is 482 g/mol. The van der Waals surface area contributed by atoms with Crippen molar-refractivity contribution in [2.45, 2.75) is 31.7 Å². The Bertz CT molecular complexity index is 1380. The first-order chi connectivity index (χ1) is 16.5. The minimum Gasteiger partial charge on any atom is -0.481 e. The molecule has 3 fully saturated rings. The molecule has 3 N–H and O–H groups in total. The van der Waals surface area contributed by atoms with Gasteiger partial charge >= 0.3 is 5.97 Å². The van der Waals surface area contributed by atoms with Crippen molar-refractivity contribution < 1.29 is 18.7 Å². The van der Waals surface area contributed by atoms with E-state index < -0.39 is 29.7 Å². The maximum Gasteiger partial charge on any atom is 0.308 e. The number of aromatic nitrogens is 5. The van der Waals surface area contributed by atoms with Crippen molar-refractivity contribution in [3.8, 4) is 22.0 Å². The maximum atomic E-state index is 15.7. The third-order valence-corrected chi connectivity index (χ3v) is 7.88. The van der Waals surface area contributed by atoms with Gasteiger partial charge in [0, 0.05) is 12.2 Å². The average Bonchev–Trinajstić information content (AvgIpc) is 3.51. The largest absolute Gasteiger partial charge is 0.481 e. The second-order valence-electron chi connectivity index (χ2n) is 8.84. The van der Waals surface area contributed by atoms with E-state index in [1.165, 1.54) is 11.3 Å². The lowest BCUT2D eigenvalue weighted by atomic mass is 9.61. The fourth-order valence-electron chi connectivity index (χ4n) is 5.45. The number of carboxylic acids is 1. The third kappa shape index (κ3) is 3.42. The summed E-state index contributed by atoms with van der Waals surface area (Å²) in [5.74, 6) is -2.60. The van der Waals surface area contributed by atoms with E-state index in [2.05, 4.69) is 30.2 Å². The molecule has 3 aliphatic rings. The standard InChI is InChI=1S/C23H20F2N6O2S/c24-14-9-27-22-18(28-14)12(8-26-22)20-30-19(13-2-1-7-34-13)16(25)21(31-20)29-17-11-5-3-10(4-6-11)15(17)23(32)33/h1-2,7-11,15,17H,3-6H2,(H,26,27)(H,32,33)(H,29,30,31). The van der Waals surface area contributed by atoms with E-state index in [1.807, 2.05) is 5.38 Å². The summed E-state index contributed by atoms with van der Waals surface area (Å²) in [5.41, 5.74) is 1.05. The summed E-state index contributed by atoms with van der Waals surface area (Å²) in [4.78, 5) is 32.4. The maximum absolute atomic E-state index is 15.7. The molecule has 0 aliphatic heterocycles. The Kier molecular flexibility index (Phi) is 5.01. The highest BCUT2D eigenvalue weighted by Gasteiger charge is 2.47. The summed E-state index contributed by atoms with van der Waals surface area (Å²) in [6, 6.07) is 3.11. The van der Waals surface area contributed by atoms with E-state index in [-0.39, 0.29) is 34.7 Å².